The maximum Gasteiger partial charge on any atom is 0.164 e. The van der Waals surface area contributed by atoms with Crippen LogP contribution in [0.3, 0.4) is 0 Å². The molecule has 11 rings (SSSR count). The zero-order valence-corrected chi connectivity index (χ0v) is 32.8. The topological polar surface area (TPSA) is 51.6 Å². The van der Waals surface area contributed by atoms with Gasteiger partial charge < -0.3 is 0 Å². The van der Waals surface area contributed by atoms with Crippen molar-refractivity contribution in [2.45, 2.75) is 19.3 Å². The van der Waals surface area contributed by atoms with Gasteiger partial charge in [0, 0.05) is 33.1 Å². The predicted molar refractivity (Wildman–Crippen MR) is 243 cm³/mol. The zero-order valence-electron chi connectivity index (χ0n) is 32.8. The molecule has 0 atom stereocenters. The van der Waals surface area contributed by atoms with Crippen molar-refractivity contribution in [3.63, 3.8) is 0 Å². The van der Waals surface area contributed by atoms with E-state index in [1.165, 1.54) is 22.3 Å². The van der Waals surface area contributed by atoms with Gasteiger partial charge in [0.25, 0.3) is 0 Å². The van der Waals surface area contributed by atoms with Crippen LogP contribution >= 0.6 is 0 Å². The second-order valence-electron chi connectivity index (χ2n) is 15.8. The summed E-state index contributed by atoms with van der Waals surface area (Å²) in [5, 5.41) is 3.36. The maximum absolute atomic E-state index is 5.33. The van der Waals surface area contributed by atoms with Gasteiger partial charge in [-0.1, -0.05) is 178 Å². The first kappa shape index (κ1) is 34.7. The quantitative estimate of drug-likeness (QED) is 0.170. The molecule has 0 fully saturated rings. The Hall–Kier alpha value is -7.56. The number of fused-ring (bicyclic) bond motifs is 5. The Bertz CT molecular complexity index is 3170. The fraction of sp³-hybridized carbons (Fsp3) is 0.0545. The fourth-order valence-electron chi connectivity index (χ4n) is 8.95. The maximum atomic E-state index is 5.33. The Kier molecular flexibility index (Phi) is 8.12. The van der Waals surface area contributed by atoms with E-state index in [-0.39, 0.29) is 5.41 Å². The number of benzene rings is 8. The standard InChI is InChI=1S/C55H38N4/c1-55(2)48-28-15-14-27-43(48)46-32-47-45(33-50(35-17-6-3-7-18-35)56-51(47)34-49(46)55)39-24-16-23-38(31-39)40-29-30-44(42-26-13-12-25-41(40)42)54-58-52(36-19-8-4-9-20-36)57-53(59-54)37-21-10-5-11-22-37/h3-34H,1-2H3. The lowest BCUT2D eigenvalue weighted by Gasteiger charge is -2.22. The van der Waals surface area contributed by atoms with Crippen molar-refractivity contribution in [2.24, 2.45) is 0 Å². The van der Waals surface area contributed by atoms with Crippen LogP contribution in [-0.2, 0) is 5.41 Å². The number of hydrogen-bond acceptors (Lipinski definition) is 4. The molecule has 0 unspecified atom stereocenters. The second kappa shape index (κ2) is 13.8. The summed E-state index contributed by atoms with van der Waals surface area (Å²) >= 11 is 0. The number of hydrogen-bond donors (Lipinski definition) is 0. The minimum atomic E-state index is -0.120. The molecule has 0 N–H and O–H groups in total. The van der Waals surface area contributed by atoms with Gasteiger partial charge in [0.05, 0.1) is 11.2 Å². The molecule has 4 heteroatoms. The summed E-state index contributed by atoms with van der Waals surface area (Å²) in [5.41, 5.74) is 15.6. The minimum absolute atomic E-state index is 0.120. The van der Waals surface area contributed by atoms with Crippen LogP contribution in [0.1, 0.15) is 25.0 Å². The van der Waals surface area contributed by atoms with E-state index in [2.05, 4.69) is 147 Å². The number of nitrogens with zero attached hydrogens (tertiary/aromatic N) is 4. The van der Waals surface area contributed by atoms with Crippen LogP contribution in [0.4, 0.5) is 0 Å². The summed E-state index contributed by atoms with van der Waals surface area (Å²) in [7, 11) is 0. The third kappa shape index (κ3) is 5.92. The van der Waals surface area contributed by atoms with Crippen LogP contribution in [0.25, 0.3) is 100 Å². The summed E-state index contributed by atoms with van der Waals surface area (Å²) in [6, 6.07) is 68.5. The van der Waals surface area contributed by atoms with E-state index in [0.717, 1.165) is 71.9 Å². The van der Waals surface area contributed by atoms with Gasteiger partial charge in [0.1, 0.15) is 0 Å². The second-order valence-corrected chi connectivity index (χ2v) is 15.8. The van der Waals surface area contributed by atoms with E-state index in [9.17, 15) is 0 Å². The highest BCUT2D eigenvalue weighted by Crippen LogP contribution is 2.51. The van der Waals surface area contributed by atoms with E-state index in [1.807, 2.05) is 60.7 Å². The molecule has 8 aromatic carbocycles. The fourth-order valence-corrected chi connectivity index (χ4v) is 8.95. The average Bonchev–Trinajstić information content (AvgIpc) is 3.53. The molecule has 0 saturated heterocycles. The SMILES string of the molecule is CC1(C)c2ccccc2-c2cc3c(-c4cccc(-c5ccc(-c6nc(-c7ccccc7)nc(-c7ccccc7)n6)c6ccccc56)c4)cc(-c4ccccc4)nc3cc21. The van der Waals surface area contributed by atoms with Gasteiger partial charge in [0.2, 0.25) is 0 Å². The van der Waals surface area contributed by atoms with Crippen molar-refractivity contribution in [3.05, 3.63) is 205 Å². The summed E-state index contributed by atoms with van der Waals surface area (Å²) in [5.74, 6) is 1.93. The molecule has 2 aromatic heterocycles. The third-order valence-electron chi connectivity index (χ3n) is 11.9. The van der Waals surface area contributed by atoms with Crippen LogP contribution in [0.2, 0.25) is 0 Å². The van der Waals surface area contributed by atoms with Crippen molar-refractivity contribution >= 4 is 21.7 Å². The lowest BCUT2D eigenvalue weighted by molar-refractivity contribution is 0.661. The smallest absolute Gasteiger partial charge is 0.164 e. The average molecular weight is 755 g/mol. The third-order valence-corrected chi connectivity index (χ3v) is 11.9. The van der Waals surface area contributed by atoms with E-state index in [4.69, 9.17) is 19.9 Å². The molecule has 0 amide bonds. The van der Waals surface area contributed by atoms with Gasteiger partial charge in [-0.3, -0.25) is 0 Å². The molecule has 59 heavy (non-hydrogen) atoms. The van der Waals surface area contributed by atoms with Crippen LogP contribution in [-0.4, -0.2) is 19.9 Å². The van der Waals surface area contributed by atoms with Crippen molar-refractivity contribution in [1.29, 1.82) is 0 Å². The molecule has 1 aliphatic rings. The Labute approximate surface area is 343 Å². The van der Waals surface area contributed by atoms with Gasteiger partial charge in [-0.2, -0.15) is 0 Å². The molecule has 0 spiro atoms. The molecular weight excluding hydrogens is 717 g/mol. The van der Waals surface area contributed by atoms with Gasteiger partial charge >= 0.3 is 0 Å². The Balaban J connectivity index is 1.08. The van der Waals surface area contributed by atoms with Crippen molar-refractivity contribution in [2.75, 3.05) is 0 Å². The molecule has 0 saturated carbocycles. The highest BCUT2D eigenvalue weighted by molar-refractivity contribution is 6.06. The zero-order chi connectivity index (χ0) is 39.5. The lowest BCUT2D eigenvalue weighted by Crippen LogP contribution is -2.14. The monoisotopic (exact) mass is 754 g/mol. The van der Waals surface area contributed by atoms with Crippen LogP contribution < -0.4 is 0 Å². The molecule has 10 aromatic rings. The molecule has 0 aliphatic heterocycles. The molecule has 278 valence electrons. The first-order valence-electron chi connectivity index (χ1n) is 20.1. The number of aromatic nitrogens is 4. The number of pyridine rings is 1. The van der Waals surface area contributed by atoms with Crippen LogP contribution in [0.15, 0.2) is 194 Å². The van der Waals surface area contributed by atoms with Gasteiger partial charge in [-0.15, -0.1) is 0 Å². The summed E-state index contributed by atoms with van der Waals surface area (Å²) < 4.78 is 0. The van der Waals surface area contributed by atoms with Gasteiger partial charge in [-0.05, 0) is 85.6 Å². The lowest BCUT2D eigenvalue weighted by atomic mass is 9.82. The van der Waals surface area contributed by atoms with E-state index >= 15 is 0 Å². The molecule has 0 radical (unpaired) electrons. The normalized spacial score (nSPS) is 12.7. The molecule has 4 nitrogen and oxygen atoms in total. The number of rotatable bonds is 6. The minimum Gasteiger partial charge on any atom is -0.248 e. The highest BCUT2D eigenvalue weighted by atomic mass is 15.0. The molecule has 2 heterocycles. The largest absolute Gasteiger partial charge is 0.248 e. The van der Waals surface area contributed by atoms with E-state index < -0.39 is 0 Å². The first-order chi connectivity index (χ1) is 29.0. The first-order valence-corrected chi connectivity index (χ1v) is 20.1. The Morgan fingerprint density at radius 2 is 0.831 bits per heavy atom. The molecule has 1 aliphatic carbocycles. The van der Waals surface area contributed by atoms with Crippen molar-refractivity contribution < 1.29 is 0 Å². The van der Waals surface area contributed by atoms with Crippen LogP contribution in [0, 0.1) is 0 Å². The Morgan fingerprint density at radius 3 is 1.51 bits per heavy atom. The van der Waals surface area contributed by atoms with E-state index in [1.54, 1.807) is 0 Å². The summed E-state index contributed by atoms with van der Waals surface area (Å²) in [4.78, 5) is 20.4. The van der Waals surface area contributed by atoms with E-state index in [0.29, 0.717) is 17.5 Å². The van der Waals surface area contributed by atoms with Gasteiger partial charge in [-0.25, -0.2) is 19.9 Å². The van der Waals surface area contributed by atoms with Gasteiger partial charge in [0.15, 0.2) is 17.5 Å². The molecular formula is C55H38N4. The molecule has 0 bridgehead atoms. The highest BCUT2D eigenvalue weighted by Gasteiger charge is 2.36. The summed E-state index contributed by atoms with van der Waals surface area (Å²) in [6.45, 7) is 4.66. The van der Waals surface area contributed by atoms with Crippen LogP contribution in [0.5, 0.6) is 0 Å². The van der Waals surface area contributed by atoms with Crippen molar-refractivity contribution in [1.82, 2.24) is 19.9 Å². The van der Waals surface area contributed by atoms with Crippen molar-refractivity contribution in [3.8, 4) is 78.8 Å². The predicted octanol–water partition coefficient (Wildman–Crippen LogP) is 13.9. The summed E-state index contributed by atoms with van der Waals surface area (Å²) in [6.07, 6.45) is 0. The Morgan fingerprint density at radius 1 is 0.305 bits per heavy atom.